The van der Waals surface area contributed by atoms with Crippen LogP contribution in [0.15, 0.2) is 30.3 Å². The normalized spacial score (nSPS) is 29.0. The Labute approximate surface area is 219 Å². The Hall–Kier alpha value is -2.39. The monoisotopic (exact) mass is 517 g/mol. The number of nitrogens with two attached hydrogens (primary N) is 1. The van der Waals surface area contributed by atoms with Gasteiger partial charge in [0.2, 0.25) is 11.7 Å². The minimum atomic E-state index is -2.86. The van der Waals surface area contributed by atoms with Crippen LogP contribution in [-0.4, -0.2) is 70.7 Å². The van der Waals surface area contributed by atoms with Gasteiger partial charge >= 0.3 is 0 Å². The summed E-state index contributed by atoms with van der Waals surface area (Å²) >= 11 is 0. The van der Waals surface area contributed by atoms with Gasteiger partial charge in [0, 0.05) is 44.4 Å². The fourth-order valence-corrected chi connectivity index (χ4v) is 6.47. The van der Waals surface area contributed by atoms with Crippen molar-refractivity contribution in [3.05, 3.63) is 35.9 Å². The number of nitrogens with zero attached hydrogens (tertiary/aromatic N) is 2. The summed E-state index contributed by atoms with van der Waals surface area (Å²) in [4.78, 5) is 15.6. The SMILES string of the molecule is CC(N)=[N+](C(=N)C(C)C)C1CC2CC[C@@H](C1)N2CC[C@H](NC(=O)C1CNCC(F)(F)C1)c1ccccc1. The Bertz CT molecular complexity index is 980. The number of fused-ring (bicyclic) bond motifs is 2. The largest absolute Gasteiger partial charge is 0.349 e. The molecule has 204 valence electrons. The first-order valence-electron chi connectivity index (χ1n) is 13.7. The molecule has 1 amide bonds. The van der Waals surface area contributed by atoms with E-state index in [0.717, 1.165) is 44.2 Å². The first-order valence-corrected chi connectivity index (χ1v) is 13.7. The minimum absolute atomic E-state index is 0.115. The average molecular weight is 518 g/mol. The van der Waals surface area contributed by atoms with Crippen LogP contribution in [0, 0.1) is 17.2 Å². The summed E-state index contributed by atoms with van der Waals surface area (Å²) in [7, 11) is 0. The maximum atomic E-state index is 13.9. The van der Waals surface area contributed by atoms with Crippen LogP contribution in [0.3, 0.4) is 0 Å². The number of amides is 1. The molecule has 0 radical (unpaired) electrons. The average Bonchev–Trinajstić information content (AvgIpc) is 3.08. The molecule has 0 saturated carbocycles. The summed E-state index contributed by atoms with van der Waals surface area (Å²) in [5, 5.41) is 14.4. The quantitative estimate of drug-likeness (QED) is 0.241. The number of nitrogens with one attached hydrogen (secondary N) is 3. The molecule has 3 fully saturated rings. The van der Waals surface area contributed by atoms with Crippen molar-refractivity contribution in [2.45, 2.75) is 89.4 Å². The number of halogens is 2. The Kier molecular flexibility index (Phi) is 8.63. The van der Waals surface area contributed by atoms with Crippen LogP contribution in [-0.2, 0) is 4.79 Å². The lowest BCUT2D eigenvalue weighted by Gasteiger charge is -2.40. The van der Waals surface area contributed by atoms with Crippen molar-refractivity contribution < 1.29 is 18.2 Å². The highest BCUT2D eigenvalue weighted by atomic mass is 19.3. The molecule has 0 aliphatic carbocycles. The van der Waals surface area contributed by atoms with E-state index < -0.39 is 18.3 Å². The lowest BCUT2D eigenvalue weighted by molar-refractivity contribution is -0.470. The number of carbonyl (C=O) groups excluding carboxylic acids is 1. The summed E-state index contributed by atoms with van der Waals surface area (Å²) in [6.07, 6.45) is 4.48. The fraction of sp³-hybridized carbons (Fsp3) is 0.679. The predicted molar refractivity (Wildman–Crippen MR) is 142 cm³/mol. The van der Waals surface area contributed by atoms with E-state index in [2.05, 4.69) is 15.5 Å². The molecule has 0 aromatic heterocycles. The van der Waals surface area contributed by atoms with Crippen molar-refractivity contribution >= 4 is 17.6 Å². The molecule has 0 spiro atoms. The number of carbonyl (C=O) groups is 1. The van der Waals surface area contributed by atoms with E-state index in [4.69, 9.17) is 11.1 Å². The third-order valence-corrected chi connectivity index (χ3v) is 8.30. The van der Waals surface area contributed by atoms with E-state index in [9.17, 15) is 13.6 Å². The van der Waals surface area contributed by atoms with Gasteiger partial charge in [0.25, 0.3) is 5.92 Å². The summed E-state index contributed by atoms with van der Waals surface area (Å²) in [5.41, 5.74) is 7.23. The van der Waals surface area contributed by atoms with Crippen LogP contribution >= 0.6 is 0 Å². The molecule has 3 aliphatic rings. The van der Waals surface area contributed by atoms with E-state index in [1.165, 1.54) is 0 Å². The molecule has 37 heavy (non-hydrogen) atoms. The van der Waals surface area contributed by atoms with E-state index in [1.54, 1.807) is 0 Å². The van der Waals surface area contributed by atoms with Crippen molar-refractivity contribution in [2.75, 3.05) is 19.6 Å². The molecule has 5 N–H and O–H groups in total. The van der Waals surface area contributed by atoms with E-state index in [0.29, 0.717) is 23.8 Å². The van der Waals surface area contributed by atoms with Gasteiger partial charge in [-0.3, -0.25) is 9.69 Å². The molecular formula is C28H43F2N6O+. The van der Waals surface area contributed by atoms with Gasteiger partial charge < -0.3 is 16.4 Å². The Morgan fingerprint density at radius 3 is 2.46 bits per heavy atom. The van der Waals surface area contributed by atoms with Gasteiger partial charge in [0.15, 0.2) is 5.84 Å². The predicted octanol–water partition coefficient (Wildman–Crippen LogP) is 3.50. The van der Waals surface area contributed by atoms with Crippen LogP contribution < -0.4 is 16.4 Å². The zero-order chi connectivity index (χ0) is 26.7. The summed E-state index contributed by atoms with van der Waals surface area (Å²) in [6.45, 7) is 6.69. The van der Waals surface area contributed by atoms with Crippen molar-refractivity contribution in [2.24, 2.45) is 17.6 Å². The number of rotatable bonds is 8. The van der Waals surface area contributed by atoms with E-state index in [1.807, 2.05) is 55.7 Å². The highest BCUT2D eigenvalue weighted by molar-refractivity contribution is 5.83. The molecule has 2 bridgehead atoms. The van der Waals surface area contributed by atoms with Crippen molar-refractivity contribution in [3.63, 3.8) is 0 Å². The van der Waals surface area contributed by atoms with Crippen LogP contribution in [0.1, 0.15) is 70.9 Å². The van der Waals surface area contributed by atoms with E-state index >= 15 is 0 Å². The zero-order valence-electron chi connectivity index (χ0n) is 22.4. The Morgan fingerprint density at radius 1 is 1.24 bits per heavy atom. The molecule has 7 nitrogen and oxygen atoms in total. The molecular weight excluding hydrogens is 474 g/mol. The second-order valence-corrected chi connectivity index (χ2v) is 11.4. The molecule has 1 aromatic rings. The standard InChI is InChI=1S/C28H42F2N6O/c1-18(2)26(32)36(19(3)31)24-13-22-9-10-23(14-24)35(22)12-11-25(20-7-5-4-6-8-20)34-27(37)21-15-28(29,30)17-33-16-21/h4-8,18,21-25,31-33H,9-17H2,1-3H3,(H,34,37)/p+1/t21?,22-,23?,24?,25-/m0/s1. The number of piperidine rings is 2. The third kappa shape index (κ3) is 6.55. The summed E-state index contributed by atoms with van der Waals surface area (Å²) in [6, 6.07) is 10.7. The van der Waals surface area contributed by atoms with E-state index in [-0.39, 0.29) is 37.0 Å². The smallest absolute Gasteiger partial charge is 0.261 e. The molecule has 3 aliphatic heterocycles. The van der Waals surface area contributed by atoms with Crippen molar-refractivity contribution in [1.82, 2.24) is 15.5 Å². The second-order valence-electron chi connectivity index (χ2n) is 11.4. The zero-order valence-corrected chi connectivity index (χ0v) is 22.4. The molecule has 3 heterocycles. The summed E-state index contributed by atoms with van der Waals surface area (Å²) in [5.74, 6) is -2.52. The maximum Gasteiger partial charge on any atom is 0.261 e. The third-order valence-electron chi connectivity index (χ3n) is 8.30. The molecule has 1 aromatic carbocycles. The topological polar surface area (TPSA) is 97.2 Å². The Morgan fingerprint density at radius 2 is 1.89 bits per heavy atom. The Balaban J connectivity index is 1.43. The van der Waals surface area contributed by atoms with Gasteiger partial charge in [0.05, 0.1) is 24.5 Å². The summed E-state index contributed by atoms with van der Waals surface area (Å²) < 4.78 is 29.9. The molecule has 3 unspecified atom stereocenters. The fourth-order valence-electron chi connectivity index (χ4n) is 6.47. The minimum Gasteiger partial charge on any atom is -0.349 e. The number of benzene rings is 1. The molecule has 5 atom stereocenters. The highest BCUT2D eigenvalue weighted by Crippen LogP contribution is 2.38. The molecule has 4 rings (SSSR count). The second kappa shape index (κ2) is 11.6. The number of alkyl halides is 2. The van der Waals surface area contributed by atoms with Crippen LogP contribution in [0.25, 0.3) is 0 Å². The van der Waals surface area contributed by atoms with Crippen molar-refractivity contribution in [3.8, 4) is 0 Å². The highest BCUT2D eigenvalue weighted by Gasteiger charge is 2.44. The van der Waals surface area contributed by atoms with Crippen LogP contribution in [0.4, 0.5) is 8.78 Å². The lowest BCUT2D eigenvalue weighted by Crippen LogP contribution is -2.52. The van der Waals surface area contributed by atoms with Gasteiger partial charge in [-0.1, -0.05) is 44.2 Å². The maximum absolute atomic E-state index is 13.9. The van der Waals surface area contributed by atoms with Crippen LogP contribution in [0.5, 0.6) is 0 Å². The van der Waals surface area contributed by atoms with Gasteiger partial charge in [-0.05, 0) is 37.7 Å². The number of amidine groups is 2. The van der Waals surface area contributed by atoms with Gasteiger partial charge in [0.1, 0.15) is 0 Å². The van der Waals surface area contributed by atoms with Gasteiger partial charge in [-0.15, -0.1) is 0 Å². The van der Waals surface area contributed by atoms with Gasteiger partial charge in [-0.25, -0.2) is 13.4 Å². The first-order chi connectivity index (χ1) is 17.6. The van der Waals surface area contributed by atoms with Gasteiger partial charge in [-0.2, -0.15) is 5.41 Å². The molecule has 9 heteroatoms. The molecule has 3 saturated heterocycles. The lowest BCUT2D eigenvalue weighted by atomic mass is 9.93. The first kappa shape index (κ1) is 27.6. The number of hydrogen-bond donors (Lipinski definition) is 4. The van der Waals surface area contributed by atoms with Crippen molar-refractivity contribution in [1.29, 1.82) is 5.41 Å². The van der Waals surface area contributed by atoms with Crippen LogP contribution in [0.2, 0.25) is 0 Å². The number of hydrogen-bond acceptors (Lipinski definition) is 4.